The third kappa shape index (κ3) is 6.00. The van der Waals surface area contributed by atoms with Crippen LogP contribution in [0.4, 0.5) is 0 Å². The molecule has 124 valence electrons. The molecule has 0 spiro atoms. The normalized spacial score (nSPS) is 11.7. The summed E-state index contributed by atoms with van der Waals surface area (Å²) in [6.07, 6.45) is 0. The van der Waals surface area contributed by atoms with Gasteiger partial charge in [-0.15, -0.1) is 23.5 Å². The number of benzene rings is 2. The van der Waals surface area contributed by atoms with Crippen LogP contribution in [0.2, 0.25) is 0 Å². The molecule has 0 N–H and O–H groups in total. The zero-order valence-corrected chi connectivity index (χ0v) is 17.1. The van der Waals surface area contributed by atoms with Gasteiger partial charge in [-0.25, -0.2) is 0 Å². The van der Waals surface area contributed by atoms with Crippen molar-refractivity contribution < 1.29 is 0 Å². The van der Waals surface area contributed by atoms with Gasteiger partial charge in [0, 0.05) is 23.0 Å². The van der Waals surface area contributed by atoms with Crippen LogP contribution in [0, 0.1) is 0 Å². The van der Waals surface area contributed by atoms with Gasteiger partial charge in [-0.05, 0) is 36.1 Å². The lowest BCUT2D eigenvalue weighted by Gasteiger charge is -2.24. The first-order chi connectivity index (χ1) is 11.1. The van der Waals surface area contributed by atoms with Crippen LogP contribution >= 0.6 is 48.8 Å². The van der Waals surface area contributed by atoms with E-state index in [2.05, 4.69) is 87.6 Å². The standard InChI is InChI=1S/C19H24S4/c1-19(2,22-13-17-9-5-3-7-15(17)11-20)23-14-18-10-6-4-8-16(18)12-21/h3-10,20-21H,11-14H2,1-2H3. The maximum absolute atomic E-state index is 4.43. The first-order valence-corrected chi connectivity index (χ1v) is 10.9. The van der Waals surface area contributed by atoms with E-state index in [0.29, 0.717) is 0 Å². The van der Waals surface area contributed by atoms with Crippen molar-refractivity contribution >= 4 is 48.8 Å². The molecular weight excluding hydrogens is 356 g/mol. The highest BCUT2D eigenvalue weighted by molar-refractivity contribution is 8.17. The Kier molecular flexibility index (Phi) is 7.80. The maximum Gasteiger partial charge on any atom is 0.0561 e. The predicted octanol–water partition coefficient (Wildman–Crippen LogP) is 6.45. The SMILES string of the molecule is CC(C)(SCc1ccccc1CS)SCc1ccccc1CS. The Labute approximate surface area is 160 Å². The third-order valence-corrected chi connectivity index (χ3v) is 7.42. The molecule has 0 aliphatic heterocycles. The Morgan fingerprint density at radius 1 is 0.696 bits per heavy atom. The highest BCUT2D eigenvalue weighted by Crippen LogP contribution is 2.40. The molecule has 0 nitrogen and oxygen atoms in total. The van der Waals surface area contributed by atoms with Crippen molar-refractivity contribution in [3.8, 4) is 0 Å². The molecule has 4 heteroatoms. The lowest BCUT2D eigenvalue weighted by Crippen LogP contribution is -2.10. The summed E-state index contributed by atoms with van der Waals surface area (Å²) in [4.78, 5) is 0. The van der Waals surface area contributed by atoms with Gasteiger partial charge in [-0.1, -0.05) is 48.5 Å². The summed E-state index contributed by atoms with van der Waals surface area (Å²) in [5, 5.41) is 0. The van der Waals surface area contributed by atoms with Crippen molar-refractivity contribution in [2.24, 2.45) is 0 Å². The van der Waals surface area contributed by atoms with Gasteiger partial charge in [0.2, 0.25) is 0 Å². The number of thioether (sulfide) groups is 2. The van der Waals surface area contributed by atoms with E-state index in [0.717, 1.165) is 23.0 Å². The highest BCUT2D eigenvalue weighted by atomic mass is 32.2. The second-order valence-corrected chi connectivity index (χ2v) is 9.92. The highest BCUT2D eigenvalue weighted by Gasteiger charge is 2.20. The van der Waals surface area contributed by atoms with E-state index in [9.17, 15) is 0 Å². The number of hydrogen-bond donors (Lipinski definition) is 2. The van der Waals surface area contributed by atoms with Crippen molar-refractivity contribution in [3.63, 3.8) is 0 Å². The van der Waals surface area contributed by atoms with Gasteiger partial charge in [0.15, 0.2) is 0 Å². The Hall–Kier alpha value is -0.160. The third-order valence-electron chi connectivity index (χ3n) is 3.73. The summed E-state index contributed by atoms with van der Waals surface area (Å²) < 4.78 is 0.174. The Bertz CT molecular complexity index is 569. The van der Waals surface area contributed by atoms with E-state index in [1.54, 1.807) is 0 Å². The Morgan fingerprint density at radius 3 is 1.39 bits per heavy atom. The number of rotatable bonds is 8. The topological polar surface area (TPSA) is 0 Å². The van der Waals surface area contributed by atoms with E-state index < -0.39 is 0 Å². The van der Waals surface area contributed by atoms with Gasteiger partial charge < -0.3 is 0 Å². The van der Waals surface area contributed by atoms with Crippen molar-refractivity contribution in [2.45, 2.75) is 40.9 Å². The number of thiol groups is 2. The minimum atomic E-state index is 0.174. The van der Waals surface area contributed by atoms with Crippen molar-refractivity contribution in [1.82, 2.24) is 0 Å². The fourth-order valence-electron chi connectivity index (χ4n) is 2.25. The zero-order valence-electron chi connectivity index (χ0n) is 13.7. The molecule has 0 aliphatic carbocycles. The molecule has 0 radical (unpaired) electrons. The molecule has 0 amide bonds. The minimum absolute atomic E-state index is 0.174. The fraction of sp³-hybridized carbons (Fsp3) is 0.368. The van der Waals surface area contributed by atoms with Crippen molar-refractivity contribution in [3.05, 3.63) is 70.8 Å². The summed E-state index contributed by atoms with van der Waals surface area (Å²) in [5.74, 6) is 3.68. The lowest BCUT2D eigenvalue weighted by atomic mass is 10.1. The van der Waals surface area contributed by atoms with E-state index in [-0.39, 0.29) is 4.08 Å². The quantitative estimate of drug-likeness (QED) is 0.399. The molecule has 2 rings (SSSR count). The molecular formula is C19H24S4. The Balaban J connectivity index is 1.94. The van der Waals surface area contributed by atoms with Crippen LogP contribution in [0.15, 0.2) is 48.5 Å². The molecule has 0 saturated carbocycles. The van der Waals surface area contributed by atoms with E-state index >= 15 is 0 Å². The monoisotopic (exact) mass is 380 g/mol. The van der Waals surface area contributed by atoms with Gasteiger partial charge in [-0.2, -0.15) is 25.3 Å². The zero-order chi connectivity index (χ0) is 16.7. The summed E-state index contributed by atoms with van der Waals surface area (Å²) >= 11 is 12.9. The van der Waals surface area contributed by atoms with E-state index in [1.165, 1.54) is 22.3 Å². The van der Waals surface area contributed by atoms with Crippen molar-refractivity contribution in [1.29, 1.82) is 0 Å². The predicted molar refractivity (Wildman–Crippen MR) is 115 cm³/mol. The first kappa shape index (κ1) is 19.2. The van der Waals surface area contributed by atoms with Crippen LogP contribution in [0.25, 0.3) is 0 Å². The largest absolute Gasteiger partial charge is 0.175 e. The van der Waals surface area contributed by atoms with Crippen LogP contribution in [0.3, 0.4) is 0 Å². The lowest BCUT2D eigenvalue weighted by molar-refractivity contribution is 1.02. The van der Waals surface area contributed by atoms with Crippen LogP contribution in [0.1, 0.15) is 36.1 Å². The number of hydrogen-bond acceptors (Lipinski definition) is 4. The van der Waals surface area contributed by atoms with Crippen molar-refractivity contribution in [2.75, 3.05) is 0 Å². The summed E-state index contributed by atoms with van der Waals surface area (Å²) in [7, 11) is 0. The molecule has 0 saturated heterocycles. The molecule has 0 heterocycles. The molecule has 0 atom stereocenters. The molecule has 2 aromatic carbocycles. The second kappa shape index (κ2) is 9.36. The molecule has 0 bridgehead atoms. The van der Waals surface area contributed by atoms with E-state index in [1.807, 2.05) is 23.5 Å². The van der Waals surface area contributed by atoms with Gasteiger partial charge in [0.05, 0.1) is 4.08 Å². The van der Waals surface area contributed by atoms with E-state index in [4.69, 9.17) is 0 Å². The van der Waals surface area contributed by atoms with Crippen LogP contribution in [0.5, 0.6) is 0 Å². The molecule has 0 aromatic heterocycles. The second-order valence-electron chi connectivity index (χ2n) is 5.83. The first-order valence-electron chi connectivity index (χ1n) is 7.69. The van der Waals surface area contributed by atoms with Gasteiger partial charge in [0.1, 0.15) is 0 Å². The molecule has 0 unspecified atom stereocenters. The summed E-state index contributed by atoms with van der Waals surface area (Å²) in [6.45, 7) is 4.63. The van der Waals surface area contributed by atoms with Crippen LogP contribution in [-0.4, -0.2) is 4.08 Å². The van der Waals surface area contributed by atoms with Crippen LogP contribution in [-0.2, 0) is 23.0 Å². The molecule has 2 aromatic rings. The molecule has 23 heavy (non-hydrogen) atoms. The van der Waals surface area contributed by atoms with Gasteiger partial charge in [0.25, 0.3) is 0 Å². The molecule has 0 aliphatic rings. The van der Waals surface area contributed by atoms with Gasteiger partial charge >= 0.3 is 0 Å². The summed E-state index contributed by atoms with van der Waals surface area (Å²) in [5.41, 5.74) is 5.47. The average molecular weight is 381 g/mol. The maximum atomic E-state index is 4.43. The minimum Gasteiger partial charge on any atom is -0.175 e. The fourth-order valence-corrected chi connectivity index (χ4v) is 5.12. The van der Waals surface area contributed by atoms with Gasteiger partial charge in [-0.3, -0.25) is 0 Å². The smallest absolute Gasteiger partial charge is 0.0561 e. The summed E-state index contributed by atoms with van der Waals surface area (Å²) in [6, 6.07) is 17.2. The average Bonchev–Trinajstić information content (AvgIpc) is 2.59. The molecule has 0 fully saturated rings. The van der Waals surface area contributed by atoms with Crippen LogP contribution < -0.4 is 0 Å². The Morgan fingerprint density at radius 2 is 1.04 bits per heavy atom.